The standard InChI is InChI=1S/C10H16N2O4S/c1-10(4-16-2-7(10)11)9(15)12-5-17-3-6(12)8(13)14/h6-7H,2-5,11H2,1H3,(H,13,14)/t6-,7?,10?/m0/s1. The van der Waals surface area contributed by atoms with Crippen LogP contribution in [0.5, 0.6) is 0 Å². The number of aliphatic carboxylic acids is 1. The number of nitrogens with two attached hydrogens (primary N) is 1. The van der Waals surface area contributed by atoms with Crippen LogP contribution in [0.1, 0.15) is 6.92 Å². The summed E-state index contributed by atoms with van der Waals surface area (Å²) < 4.78 is 5.22. The molecule has 2 aliphatic rings. The molecule has 2 heterocycles. The Morgan fingerprint density at radius 1 is 1.59 bits per heavy atom. The minimum atomic E-state index is -0.959. The normalized spacial score (nSPS) is 37.4. The van der Waals surface area contributed by atoms with Gasteiger partial charge in [0.25, 0.3) is 0 Å². The number of ether oxygens (including phenoxy) is 1. The van der Waals surface area contributed by atoms with E-state index in [4.69, 9.17) is 15.6 Å². The van der Waals surface area contributed by atoms with Crippen LogP contribution >= 0.6 is 11.8 Å². The minimum absolute atomic E-state index is 0.208. The van der Waals surface area contributed by atoms with Crippen molar-refractivity contribution in [3.05, 3.63) is 0 Å². The van der Waals surface area contributed by atoms with Gasteiger partial charge in [-0.15, -0.1) is 11.8 Å². The fourth-order valence-corrected chi connectivity index (χ4v) is 3.23. The molecule has 0 aromatic carbocycles. The van der Waals surface area contributed by atoms with Crippen LogP contribution in [0.15, 0.2) is 0 Å². The van der Waals surface area contributed by atoms with Gasteiger partial charge in [-0.3, -0.25) is 4.79 Å². The summed E-state index contributed by atoms with van der Waals surface area (Å²) in [7, 11) is 0. The number of amides is 1. The van der Waals surface area contributed by atoms with Gasteiger partial charge in [0.1, 0.15) is 6.04 Å². The van der Waals surface area contributed by atoms with E-state index in [2.05, 4.69) is 0 Å². The first-order valence-electron chi connectivity index (χ1n) is 5.42. The molecular formula is C10H16N2O4S. The molecule has 7 heteroatoms. The predicted octanol–water partition coefficient (Wildman–Crippen LogP) is -0.664. The average Bonchev–Trinajstić information content (AvgIpc) is 2.86. The zero-order chi connectivity index (χ0) is 12.6. The maximum atomic E-state index is 12.4. The Hall–Kier alpha value is -0.790. The molecule has 1 amide bonds. The molecule has 0 spiro atoms. The molecule has 2 fully saturated rings. The highest BCUT2D eigenvalue weighted by Gasteiger charge is 2.49. The van der Waals surface area contributed by atoms with E-state index in [0.717, 1.165) is 0 Å². The second kappa shape index (κ2) is 4.47. The van der Waals surface area contributed by atoms with Crippen LogP contribution in [0.25, 0.3) is 0 Å². The van der Waals surface area contributed by atoms with Crippen molar-refractivity contribution in [2.45, 2.75) is 19.0 Å². The smallest absolute Gasteiger partial charge is 0.327 e. The van der Waals surface area contributed by atoms with Crippen molar-refractivity contribution in [1.29, 1.82) is 0 Å². The van der Waals surface area contributed by atoms with E-state index >= 15 is 0 Å². The Labute approximate surface area is 103 Å². The molecule has 2 rings (SSSR count). The van der Waals surface area contributed by atoms with Crippen molar-refractivity contribution < 1.29 is 19.4 Å². The molecule has 96 valence electrons. The molecule has 3 atom stereocenters. The lowest BCUT2D eigenvalue weighted by molar-refractivity contribution is -0.152. The Bertz CT molecular complexity index is 351. The molecule has 6 nitrogen and oxygen atoms in total. The SMILES string of the molecule is CC1(C(=O)N2CSC[C@H]2C(=O)O)COCC1N. The monoisotopic (exact) mass is 260 g/mol. The quantitative estimate of drug-likeness (QED) is 0.684. The van der Waals surface area contributed by atoms with Crippen LogP contribution in [0, 0.1) is 5.41 Å². The van der Waals surface area contributed by atoms with E-state index in [9.17, 15) is 9.59 Å². The van der Waals surface area contributed by atoms with E-state index in [-0.39, 0.29) is 18.6 Å². The van der Waals surface area contributed by atoms with E-state index in [0.29, 0.717) is 18.2 Å². The Morgan fingerprint density at radius 2 is 2.29 bits per heavy atom. The van der Waals surface area contributed by atoms with Gasteiger partial charge >= 0.3 is 5.97 Å². The third-order valence-electron chi connectivity index (χ3n) is 3.43. The lowest BCUT2D eigenvalue weighted by atomic mass is 9.84. The maximum absolute atomic E-state index is 12.4. The van der Waals surface area contributed by atoms with Crippen molar-refractivity contribution in [2.24, 2.45) is 11.1 Å². The molecule has 0 aliphatic carbocycles. The van der Waals surface area contributed by atoms with Gasteiger partial charge < -0.3 is 20.5 Å². The summed E-state index contributed by atoms with van der Waals surface area (Å²) in [5, 5.41) is 9.06. The second-order valence-corrected chi connectivity index (χ2v) is 5.67. The topological polar surface area (TPSA) is 92.9 Å². The van der Waals surface area contributed by atoms with Crippen LogP contribution in [0.3, 0.4) is 0 Å². The van der Waals surface area contributed by atoms with Crippen molar-refractivity contribution >= 4 is 23.6 Å². The highest BCUT2D eigenvalue weighted by Crippen LogP contribution is 2.33. The maximum Gasteiger partial charge on any atom is 0.327 e. The number of nitrogens with zero attached hydrogens (tertiary/aromatic N) is 1. The number of hydrogen-bond acceptors (Lipinski definition) is 5. The summed E-state index contributed by atoms with van der Waals surface area (Å²) in [6.07, 6.45) is 0. The number of rotatable bonds is 2. The van der Waals surface area contributed by atoms with E-state index in [1.807, 2.05) is 0 Å². The number of carboxylic acids is 1. The lowest BCUT2D eigenvalue weighted by Crippen LogP contribution is -2.54. The zero-order valence-electron chi connectivity index (χ0n) is 9.59. The molecule has 0 saturated carbocycles. The lowest BCUT2D eigenvalue weighted by Gasteiger charge is -2.32. The molecule has 2 aliphatic heterocycles. The van der Waals surface area contributed by atoms with E-state index in [1.54, 1.807) is 6.92 Å². The predicted molar refractivity (Wildman–Crippen MR) is 62.5 cm³/mol. The van der Waals surface area contributed by atoms with E-state index in [1.165, 1.54) is 16.7 Å². The number of hydrogen-bond donors (Lipinski definition) is 2. The third-order valence-corrected chi connectivity index (χ3v) is 4.45. The Kier molecular flexibility index (Phi) is 3.33. The first-order valence-corrected chi connectivity index (χ1v) is 6.57. The van der Waals surface area contributed by atoms with Gasteiger partial charge in [0.05, 0.1) is 24.5 Å². The fraction of sp³-hybridized carbons (Fsp3) is 0.800. The number of carbonyl (C=O) groups excluding carboxylic acids is 1. The summed E-state index contributed by atoms with van der Waals surface area (Å²) in [4.78, 5) is 24.8. The number of carboxylic acid groups (broad SMARTS) is 1. The molecule has 2 saturated heterocycles. The van der Waals surface area contributed by atoms with Gasteiger partial charge in [0, 0.05) is 11.8 Å². The van der Waals surface area contributed by atoms with Gasteiger partial charge in [-0.1, -0.05) is 0 Å². The Balaban J connectivity index is 2.17. The highest BCUT2D eigenvalue weighted by atomic mass is 32.2. The molecular weight excluding hydrogens is 244 g/mol. The molecule has 0 aromatic rings. The molecule has 0 radical (unpaired) electrons. The first-order chi connectivity index (χ1) is 7.97. The van der Waals surface area contributed by atoms with E-state index < -0.39 is 17.4 Å². The van der Waals surface area contributed by atoms with Gasteiger partial charge in [-0.05, 0) is 6.92 Å². The third kappa shape index (κ3) is 2.02. The summed E-state index contributed by atoms with van der Waals surface area (Å²) in [5.41, 5.74) is 5.08. The van der Waals surface area contributed by atoms with Gasteiger partial charge in [0.2, 0.25) is 5.91 Å². The van der Waals surface area contributed by atoms with Crippen molar-refractivity contribution in [3.63, 3.8) is 0 Å². The largest absolute Gasteiger partial charge is 0.480 e. The first kappa shape index (κ1) is 12.7. The van der Waals surface area contributed by atoms with Crippen LogP contribution in [0.2, 0.25) is 0 Å². The fourth-order valence-electron chi connectivity index (χ4n) is 2.08. The van der Waals surface area contributed by atoms with Gasteiger partial charge in [0.15, 0.2) is 0 Å². The summed E-state index contributed by atoms with van der Waals surface area (Å²) in [5.74, 6) is -0.315. The zero-order valence-corrected chi connectivity index (χ0v) is 10.4. The molecule has 17 heavy (non-hydrogen) atoms. The molecule has 0 bridgehead atoms. The Morgan fingerprint density at radius 3 is 2.82 bits per heavy atom. The van der Waals surface area contributed by atoms with Crippen molar-refractivity contribution in [2.75, 3.05) is 24.8 Å². The van der Waals surface area contributed by atoms with Crippen molar-refractivity contribution in [1.82, 2.24) is 4.90 Å². The number of thioether (sulfide) groups is 1. The molecule has 2 unspecified atom stereocenters. The van der Waals surface area contributed by atoms with Crippen molar-refractivity contribution in [3.8, 4) is 0 Å². The highest BCUT2D eigenvalue weighted by molar-refractivity contribution is 7.99. The number of carbonyl (C=O) groups is 2. The minimum Gasteiger partial charge on any atom is -0.480 e. The van der Waals surface area contributed by atoms with Gasteiger partial charge in [-0.25, -0.2) is 4.79 Å². The van der Waals surface area contributed by atoms with Crippen LogP contribution in [-0.4, -0.2) is 58.8 Å². The van der Waals surface area contributed by atoms with Gasteiger partial charge in [-0.2, -0.15) is 0 Å². The summed E-state index contributed by atoms with van der Waals surface area (Å²) in [6, 6.07) is -1.10. The van der Waals surface area contributed by atoms with Crippen LogP contribution in [-0.2, 0) is 14.3 Å². The molecule has 0 aromatic heterocycles. The molecule has 3 N–H and O–H groups in total. The second-order valence-electron chi connectivity index (χ2n) is 4.67. The van der Waals surface area contributed by atoms with Crippen LogP contribution < -0.4 is 5.73 Å². The average molecular weight is 260 g/mol. The summed E-state index contributed by atoms with van der Waals surface area (Å²) >= 11 is 1.45. The summed E-state index contributed by atoms with van der Waals surface area (Å²) in [6.45, 7) is 2.36. The van der Waals surface area contributed by atoms with Crippen LogP contribution in [0.4, 0.5) is 0 Å².